The molecule has 3 rings (SSSR count). The number of primary amides is 1. The number of nitrogens with zero attached hydrogens (tertiary/aromatic N) is 1. The number of carbonyl (C=O) groups is 2. The Bertz CT molecular complexity index is 614. The Balaban J connectivity index is 1.87. The Kier molecular flexibility index (Phi) is 2.96. The first kappa shape index (κ1) is 13.9. The molecule has 2 N–H and O–H groups in total. The van der Waals surface area contributed by atoms with E-state index in [1.165, 1.54) is 17.0 Å². The summed E-state index contributed by atoms with van der Waals surface area (Å²) >= 11 is 0. The van der Waals surface area contributed by atoms with Crippen molar-refractivity contribution in [2.24, 2.45) is 17.6 Å². The van der Waals surface area contributed by atoms with E-state index in [0.717, 1.165) is 18.6 Å². The molecule has 0 radical (unpaired) electrons. The Morgan fingerprint density at radius 1 is 1.29 bits per heavy atom. The summed E-state index contributed by atoms with van der Waals surface area (Å²) in [5.74, 6) is -0.855. The standard InChI is InChI=1S/C14H13F3N2O2/c15-14(16,17)9-3-1-2-7(4-9)13(21)19-6-8-5-10(8)11(19)12(18)20/h1-4,8,10-11H,5-6H2,(H2,18,20)/t8-,10-,11-/m0/s1. The van der Waals surface area contributed by atoms with Gasteiger partial charge in [-0.3, -0.25) is 9.59 Å². The largest absolute Gasteiger partial charge is 0.416 e. The zero-order chi connectivity index (χ0) is 15.4. The van der Waals surface area contributed by atoms with Crippen molar-refractivity contribution in [1.29, 1.82) is 0 Å². The van der Waals surface area contributed by atoms with E-state index in [-0.39, 0.29) is 17.4 Å². The van der Waals surface area contributed by atoms with Gasteiger partial charge in [-0.05, 0) is 36.5 Å². The second kappa shape index (κ2) is 4.47. The lowest BCUT2D eigenvalue weighted by molar-refractivity contribution is -0.137. The highest BCUT2D eigenvalue weighted by Gasteiger charge is 2.56. The van der Waals surface area contributed by atoms with Crippen LogP contribution in [0, 0.1) is 11.8 Å². The highest BCUT2D eigenvalue weighted by Crippen LogP contribution is 2.49. The third-order valence-electron chi connectivity index (χ3n) is 4.14. The second-order valence-electron chi connectivity index (χ2n) is 5.54. The molecule has 1 saturated carbocycles. The fourth-order valence-corrected chi connectivity index (χ4v) is 3.03. The average Bonchev–Trinajstić information content (AvgIpc) is 3.07. The number of rotatable bonds is 2. The fourth-order valence-electron chi connectivity index (χ4n) is 3.03. The maximum absolute atomic E-state index is 12.7. The topological polar surface area (TPSA) is 63.4 Å². The second-order valence-corrected chi connectivity index (χ2v) is 5.54. The van der Waals surface area contributed by atoms with Gasteiger partial charge in [-0.25, -0.2) is 0 Å². The molecule has 4 nitrogen and oxygen atoms in total. The van der Waals surface area contributed by atoms with E-state index in [0.29, 0.717) is 6.54 Å². The van der Waals surface area contributed by atoms with E-state index in [2.05, 4.69) is 0 Å². The summed E-state index contributed by atoms with van der Waals surface area (Å²) in [5.41, 5.74) is 4.35. The molecule has 0 spiro atoms. The van der Waals surface area contributed by atoms with Gasteiger partial charge in [-0.15, -0.1) is 0 Å². The molecule has 1 aromatic rings. The quantitative estimate of drug-likeness (QED) is 0.902. The lowest BCUT2D eigenvalue weighted by atomic mass is 10.1. The van der Waals surface area contributed by atoms with Gasteiger partial charge in [0.2, 0.25) is 5.91 Å². The van der Waals surface area contributed by atoms with Gasteiger partial charge >= 0.3 is 6.18 Å². The zero-order valence-electron chi connectivity index (χ0n) is 10.9. The first-order valence-electron chi connectivity index (χ1n) is 6.56. The van der Waals surface area contributed by atoms with Crippen molar-refractivity contribution in [2.75, 3.05) is 6.54 Å². The predicted molar refractivity (Wildman–Crippen MR) is 67.1 cm³/mol. The third kappa shape index (κ3) is 2.36. The lowest BCUT2D eigenvalue weighted by Crippen LogP contribution is -2.46. The molecule has 1 aromatic carbocycles. The Labute approximate surface area is 118 Å². The molecule has 2 amide bonds. The molecule has 1 saturated heterocycles. The van der Waals surface area contributed by atoms with Crippen molar-refractivity contribution < 1.29 is 22.8 Å². The lowest BCUT2D eigenvalue weighted by Gasteiger charge is -2.25. The molecule has 0 aromatic heterocycles. The van der Waals surface area contributed by atoms with Gasteiger partial charge in [0.05, 0.1) is 5.56 Å². The molecule has 0 bridgehead atoms. The van der Waals surface area contributed by atoms with E-state index in [1.54, 1.807) is 0 Å². The number of piperidine rings is 1. The number of fused-ring (bicyclic) bond motifs is 1. The van der Waals surface area contributed by atoms with Crippen molar-refractivity contribution in [3.05, 3.63) is 35.4 Å². The molecular weight excluding hydrogens is 285 g/mol. The summed E-state index contributed by atoms with van der Waals surface area (Å²) in [5, 5.41) is 0. The molecule has 1 aliphatic heterocycles. The van der Waals surface area contributed by atoms with Crippen LogP contribution >= 0.6 is 0 Å². The van der Waals surface area contributed by atoms with Gasteiger partial charge in [0.15, 0.2) is 0 Å². The van der Waals surface area contributed by atoms with Gasteiger partial charge in [0, 0.05) is 12.1 Å². The highest BCUT2D eigenvalue weighted by atomic mass is 19.4. The summed E-state index contributed by atoms with van der Waals surface area (Å²) in [7, 11) is 0. The number of halogens is 3. The van der Waals surface area contributed by atoms with Crippen LogP contribution in [0.15, 0.2) is 24.3 Å². The van der Waals surface area contributed by atoms with Crippen molar-refractivity contribution in [3.63, 3.8) is 0 Å². The molecule has 0 unspecified atom stereocenters. The molecular formula is C14H13F3N2O2. The van der Waals surface area contributed by atoms with Crippen molar-refractivity contribution >= 4 is 11.8 Å². The molecule has 7 heteroatoms. The van der Waals surface area contributed by atoms with Crippen LogP contribution in [-0.4, -0.2) is 29.3 Å². The monoisotopic (exact) mass is 298 g/mol. The van der Waals surface area contributed by atoms with Crippen LogP contribution in [0.2, 0.25) is 0 Å². The molecule has 1 aliphatic carbocycles. The molecule has 2 fully saturated rings. The van der Waals surface area contributed by atoms with E-state index >= 15 is 0 Å². The van der Waals surface area contributed by atoms with Crippen LogP contribution in [0.25, 0.3) is 0 Å². The van der Waals surface area contributed by atoms with Crippen LogP contribution in [0.1, 0.15) is 22.3 Å². The summed E-state index contributed by atoms with van der Waals surface area (Å²) in [4.78, 5) is 25.1. The number of hydrogen-bond donors (Lipinski definition) is 1. The first-order chi connectivity index (χ1) is 9.79. The number of benzene rings is 1. The van der Waals surface area contributed by atoms with Crippen LogP contribution in [-0.2, 0) is 11.0 Å². The number of amides is 2. The van der Waals surface area contributed by atoms with Gasteiger partial charge in [0.25, 0.3) is 5.91 Å². The first-order valence-corrected chi connectivity index (χ1v) is 6.56. The SMILES string of the molecule is NC(=O)[C@@H]1[C@H]2C[C@H]2CN1C(=O)c1cccc(C(F)(F)F)c1. The summed E-state index contributed by atoms with van der Waals surface area (Å²) in [6, 6.07) is 3.52. The van der Waals surface area contributed by atoms with Gasteiger partial charge in [-0.1, -0.05) is 6.07 Å². The number of likely N-dealkylation sites (tertiary alicyclic amines) is 1. The van der Waals surface area contributed by atoms with Crippen LogP contribution in [0.4, 0.5) is 13.2 Å². The van der Waals surface area contributed by atoms with Gasteiger partial charge in [-0.2, -0.15) is 13.2 Å². The highest BCUT2D eigenvalue weighted by molar-refractivity contribution is 5.98. The van der Waals surface area contributed by atoms with Gasteiger partial charge < -0.3 is 10.6 Å². The molecule has 112 valence electrons. The maximum atomic E-state index is 12.7. The summed E-state index contributed by atoms with van der Waals surface area (Å²) < 4.78 is 38.1. The molecule has 2 aliphatic rings. The Morgan fingerprint density at radius 3 is 2.62 bits per heavy atom. The smallest absolute Gasteiger partial charge is 0.368 e. The minimum Gasteiger partial charge on any atom is -0.368 e. The van der Waals surface area contributed by atoms with Crippen LogP contribution in [0.3, 0.4) is 0 Å². The maximum Gasteiger partial charge on any atom is 0.416 e. The normalized spacial score (nSPS) is 27.4. The summed E-state index contributed by atoms with van der Waals surface area (Å²) in [6.45, 7) is 0.382. The molecule has 21 heavy (non-hydrogen) atoms. The van der Waals surface area contributed by atoms with E-state index < -0.39 is 29.6 Å². The molecule has 1 heterocycles. The van der Waals surface area contributed by atoms with E-state index in [9.17, 15) is 22.8 Å². The molecule has 3 atom stereocenters. The van der Waals surface area contributed by atoms with Crippen molar-refractivity contribution in [1.82, 2.24) is 4.90 Å². The number of hydrogen-bond acceptors (Lipinski definition) is 2. The summed E-state index contributed by atoms with van der Waals surface area (Å²) in [6.07, 6.45) is -3.66. The zero-order valence-corrected chi connectivity index (χ0v) is 10.9. The Morgan fingerprint density at radius 2 is 2.00 bits per heavy atom. The van der Waals surface area contributed by atoms with Gasteiger partial charge in [0.1, 0.15) is 6.04 Å². The minimum atomic E-state index is -4.51. The minimum absolute atomic E-state index is 0.0669. The predicted octanol–water partition coefficient (Wildman–Crippen LogP) is 1.65. The average molecular weight is 298 g/mol. The number of carbonyl (C=O) groups excluding carboxylic acids is 2. The number of nitrogens with two attached hydrogens (primary N) is 1. The van der Waals surface area contributed by atoms with Crippen molar-refractivity contribution in [2.45, 2.75) is 18.6 Å². The van der Waals surface area contributed by atoms with Crippen LogP contribution in [0.5, 0.6) is 0 Å². The Hall–Kier alpha value is -2.05. The fraction of sp³-hybridized carbons (Fsp3) is 0.429. The van der Waals surface area contributed by atoms with E-state index in [1.807, 2.05) is 0 Å². The number of alkyl halides is 3. The van der Waals surface area contributed by atoms with Crippen molar-refractivity contribution in [3.8, 4) is 0 Å². The third-order valence-corrected chi connectivity index (χ3v) is 4.14. The van der Waals surface area contributed by atoms with Crippen LogP contribution < -0.4 is 5.73 Å². The van der Waals surface area contributed by atoms with E-state index in [4.69, 9.17) is 5.73 Å².